The van der Waals surface area contributed by atoms with Crippen LogP contribution >= 0.6 is 0 Å². The predicted molar refractivity (Wildman–Crippen MR) is 76.4 cm³/mol. The van der Waals surface area contributed by atoms with Crippen molar-refractivity contribution in [1.82, 2.24) is 4.90 Å². The van der Waals surface area contributed by atoms with Crippen molar-refractivity contribution in [2.45, 2.75) is 65.0 Å². The van der Waals surface area contributed by atoms with Crippen molar-refractivity contribution in [3.8, 4) is 0 Å². The van der Waals surface area contributed by atoms with E-state index in [2.05, 4.69) is 6.92 Å². The van der Waals surface area contributed by atoms with Gasteiger partial charge in [0.15, 0.2) is 6.04 Å². The molecule has 1 aliphatic heterocycles. The number of hydrogen-bond acceptors (Lipinski definition) is 4. The van der Waals surface area contributed by atoms with Gasteiger partial charge >= 0.3 is 5.97 Å². The summed E-state index contributed by atoms with van der Waals surface area (Å²) < 4.78 is 0. The van der Waals surface area contributed by atoms with Crippen molar-refractivity contribution < 1.29 is 24.6 Å². The standard InChI is InChI=1S/C15H23NO5/c1-4-5-6-7-8-11-9(2)13(18)16(14(11)19)12(10(3)17)15(20)21/h10,12,17H,4-8H2,1-3H3,(H,20,21)/t10-,12-/m1/s1. The highest BCUT2D eigenvalue weighted by molar-refractivity contribution is 6.20. The van der Waals surface area contributed by atoms with E-state index in [4.69, 9.17) is 5.11 Å². The fourth-order valence-electron chi connectivity index (χ4n) is 2.52. The molecule has 0 aromatic carbocycles. The predicted octanol–water partition coefficient (Wildman–Crippen LogP) is 1.48. The molecule has 0 bridgehead atoms. The van der Waals surface area contributed by atoms with Gasteiger partial charge in [0.25, 0.3) is 11.8 Å². The van der Waals surface area contributed by atoms with Crippen LogP contribution in [0.15, 0.2) is 11.1 Å². The van der Waals surface area contributed by atoms with Gasteiger partial charge in [-0.05, 0) is 26.7 Å². The van der Waals surface area contributed by atoms with Gasteiger partial charge < -0.3 is 10.2 Å². The Morgan fingerprint density at radius 2 is 1.81 bits per heavy atom. The summed E-state index contributed by atoms with van der Waals surface area (Å²) in [6, 6.07) is -1.53. The van der Waals surface area contributed by atoms with E-state index in [1.54, 1.807) is 0 Å². The van der Waals surface area contributed by atoms with Crippen LogP contribution < -0.4 is 0 Å². The fourth-order valence-corrected chi connectivity index (χ4v) is 2.52. The summed E-state index contributed by atoms with van der Waals surface area (Å²) in [5.41, 5.74) is 0.673. The monoisotopic (exact) mass is 297 g/mol. The van der Waals surface area contributed by atoms with Gasteiger partial charge in [-0.25, -0.2) is 4.79 Å². The Hall–Kier alpha value is -1.69. The number of carbonyl (C=O) groups excluding carboxylic acids is 2. The molecule has 1 aliphatic rings. The lowest BCUT2D eigenvalue weighted by atomic mass is 10.0. The molecule has 0 fully saturated rings. The van der Waals surface area contributed by atoms with E-state index in [-0.39, 0.29) is 0 Å². The molecule has 1 heterocycles. The number of aliphatic carboxylic acids is 1. The highest BCUT2D eigenvalue weighted by atomic mass is 16.4. The van der Waals surface area contributed by atoms with E-state index >= 15 is 0 Å². The topological polar surface area (TPSA) is 94.9 Å². The highest BCUT2D eigenvalue weighted by Gasteiger charge is 2.44. The molecule has 0 spiro atoms. The number of aliphatic hydroxyl groups is 1. The van der Waals surface area contributed by atoms with Crippen LogP contribution in [-0.4, -0.2) is 45.0 Å². The molecule has 21 heavy (non-hydrogen) atoms. The minimum atomic E-state index is -1.53. The van der Waals surface area contributed by atoms with Gasteiger partial charge in [-0.15, -0.1) is 0 Å². The maximum absolute atomic E-state index is 12.3. The maximum Gasteiger partial charge on any atom is 0.329 e. The number of amides is 2. The summed E-state index contributed by atoms with van der Waals surface area (Å²) in [7, 11) is 0. The minimum Gasteiger partial charge on any atom is -0.480 e. The molecule has 0 radical (unpaired) electrons. The van der Waals surface area contributed by atoms with Crippen LogP contribution in [0.1, 0.15) is 52.9 Å². The molecule has 1 rings (SSSR count). The minimum absolute atomic E-state index is 0.295. The quantitative estimate of drug-likeness (QED) is 0.522. The number of rotatable bonds is 8. The molecule has 2 N–H and O–H groups in total. The summed E-state index contributed by atoms with van der Waals surface area (Å²) in [6.45, 7) is 4.88. The van der Waals surface area contributed by atoms with Crippen LogP contribution in [0, 0.1) is 0 Å². The van der Waals surface area contributed by atoms with E-state index in [1.807, 2.05) is 0 Å². The van der Waals surface area contributed by atoms with Gasteiger partial charge in [0.1, 0.15) is 0 Å². The Labute approximate surface area is 124 Å². The van der Waals surface area contributed by atoms with Crippen molar-refractivity contribution in [3.63, 3.8) is 0 Å². The largest absolute Gasteiger partial charge is 0.480 e. The molecular weight excluding hydrogens is 274 g/mol. The smallest absolute Gasteiger partial charge is 0.329 e. The van der Waals surface area contributed by atoms with Crippen LogP contribution in [0.2, 0.25) is 0 Å². The molecule has 2 amide bonds. The summed E-state index contributed by atoms with van der Waals surface area (Å²) in [5.74, 6) is -2.58. The third-order valence-corrected chi connectivity index (χ3v) is 3.74. The van der Waals surface area contributed by atoms with Crippen molar-refractivity contribution in [2.24, 2.45) is 0 Å². The number of hydrogen-bond donors (Lipinski definition) is 2. The molecule has 0 saturated carbocycles. The summed E-state index contributed by atoms with van der Waals surface area (Å²) in [6.07, 6.45) is 3.04. The second-order valence-corrected chi connectivity index (χ2v) is 5.42. The average molecular weight is 297 g/mol. The van der Waals surface area contributed by atoms with E-state index in [0.29, 0.717) is 22.5 Å². The summed E-state index contributed by atoms with van der Waals surface area (Å²) >= 11 is 0. The number of unbranched alkanes of at least 4 members (excludes halogenated alkanes) is 3. The third-order valence-electron chi connectivity index (χ3n) is 3.74. The third kappa shape index (κ3) is 3.69. The fraction of sp³-hybridized carbons (Fsp3) is 0.667. The van der Waals surface area contributed by atoms with E-state index in [0.717, 1.165) is 25.7 Å². The second-order valence-electron chi connectivity index (χ2n) is 5.42. The number of imide groups is 1. The van der Waals surface area contributed by atoms with Gasteiger partial charge in [-0.3, -0.25) is 14.5 Å². The van der Waals surface area contributed by atoms with E-state index in [1.165, 1.54) is 13.8 Å². The van der Waals surface area contributed by atoms with Gasteiger partial charge in [0.2, 0.25) is 0 Å². The van der Waals surface area contributed by atoms with Crippen molar-refractivity contribution >= 4 is 17.8 Å². The molecule has 0 aromatic heterocycles. The molecule has 0 saturated heterocycles. The Kier molecular flexibility index (Phi) is 6.08. The summed E-state index contributed by atoms with van der Waals surface area (Å²) in [5, 5.41) is 18.7. The first-order valence-corrected chi connectivity index (χ1v) is 7.31. The second kappa shape index (κ2) is 7.36. The molecular formula is C15H23NO5. The van der Waals surface area contributed by atoms with E-state index < -0.39 is 29.9 Å². The molecule has 0 unspecified atom stereocenters. The molecule has 6 nitrogen and oxygen atoms in total. The van der Waals surface area contributed by atoms with E-state index in [9.17, 15) is 19.5 Å². The SMILES string of the molecule is CCCCCCC1=C(C)C(=O)N([C@@H](C(=O)O)[C@@H](C)O)C1=O. The Morgan fingerprint density at radius 1 is 1.19 bits per heavy atom. The molecule has 0 aliphatic carbocycles. The first kappa shape index (κ1) is 17.4. The number of carbonyl (C=O) groups is 3. The van der Waals surface area contributed by atoms with Gasteiger partial charge in [0.05, 0.1) is 6.10 Å². The van der Waals surface area contributed by atoms with Crippen molar-refractivity contribution in [2.75, 3.05) is 0 Å². The van der Waals surface area contributed by atoms with Gasteiger partial charge in [-0.1, -0.05) is 26.2 Å². The Morgan fingerprint density at radius 3 is 2.29 bits per heavy atom. The van der Waals surface area contributed by atoms with Crippen molar-refractivity contribution in [1.29, 1.82) is 0 Å². The van der Waals surface area contributed by atoms with Crippen LogP contribution in [-0.2, 0) is 14.4 Å². The van der Waals surface area contributed by atoms with Gasteiger partial charge in [-0.2, -0.15) is 0 Å². The van der Waals surface area contributed by atoms with Crippen LogP contribution in [0.5, 0.6) is 0 Å². The number of carboxylic acids is 1. The summed E-state index contributed by atoms with van der Waals surface area (Å²) in [4.78, 5) is 36.3. The Balaban J connectivity index is 2.88. The average Bonchev–Trinajstić information content (AvgIpc) is 2.60. The lowest BCUT2D eigenvalue weighted by Gasteiger charge is -2.25. The highest BCUT2D eigenvalue weighted by Crippen LogP contribution is 2.27. The zero-order chi connectivity index (χ0) is 16.2. The van der Waals surface area contributed by atoms with Gasteiger partial charge in [0, 0.05) is 11.1 Å². The maximum atomic E-state index is 12.3. The lowest BCUT2D eigenvalue weighted by molar-refractivity contribution is -0.158. The normalized spacial score (nSPS) is 18.4. The molecule has 118 valence electrons. The lowest BCUT2D eigenvalue weighted by Crippen LogP contribution is -2.51. The number of carboxylic acid groups (broad SMARTS) is 1. The van der Waals surface area contributed by atoms with Crippen LogP contribution in [0.3, 0.4) is 0 Å². The van der Waals surface area contributed by atoms with Crippen LogP contribution in [0.25, 0.3) is 0 Å². The Bertz CT molecular complexity index is 467. The number of nitrogens with zero attached hydrogens (tertiary/aromatic N) is 1. The molecule has 0 aromatic rings. The van der Waals surface area contributed by atoms with Crippen molar-refractivity contribution in [3.05, 3.63) is 11.1 Å². The first-order valence-electron chi connectivity index (χ1n) is 7.31. The zero-order valence-electron chi connectivity index (χ0n) is 12.8. The van der Waals surface area contributed by atoms with Crippen LogP contribution in [0.4, 0.5) is 0 Å². The zero-order valence-corrected chi connectivity index (χ0v) is 12.8. The first-order chi connectivity index (χ1) is 9.82. The number of aliphatic hydroxyl groups excluding tert-OH is 1. The molecule has 2 atom stereocenters. The molecule has 6 heteroatoms.